The lowest BCUT2D eigenvalue weighted by atomic mass is 10.1. The average molecular weight is 488 g/mol. The van der Waals surface area contributed by atoms with E-state index in [1.807, 2.05) is 25.1 Å². The van der Waals surface area contributed by atoms with Crippen LogP contribution in [0.15, 0.2) is 24.3 Å². The van der Waals surface area contributed by atoms with Crippen molar-refractivity contribution in [3.05, 3.63) is 35.9 Å². The zero-order valence-corrected chi connectivity index (χ0v) is 21.1. The Bertz CT molecular complexity index is 1420. The first-order valence-electron chi connectivity index (χ1n) is 13.1. The van der Waals surface area contributed by atoms with E-state index in [2.05, 4.69) is 36.9 Å². The lowest BCUT2D eigenvalue weighted by Crippen LogP contribution is -2.49. The maximum absolute atomic E-state index is 5.64. The summed E-state index contributed by atoms with van der Waals surface area (Å²) in [5.41, 5.74) is 3.70. The smallest absolute Gasteiger partial charge is 0.239 e. The van der Waals surface area contributed by atoms with Gasteiger partial charge in [-0.05, 0) is 38.4 Å². The van der Waals surface area contributed by atoms with Crippen LogP contribution < -0.4 is 4.90 Å². The number of benzene rings is 1. The normalized spacial score (nSPS) is 21.6. The lowest BCUT2D eigenvalue weighted by Gasteiger charge is -2.37. The first-order valence-corrected chi connectivity index (χ1v) is 13.1. The SMILES string of the molecule is Cc1nc2ccccc2n1-c1nc(N2CCOCC2)c2nc(CN3CCN4CCC[C@@H]4C3)n(C)c2n1. The number of aryl methyl sites for hydroxylation is 2. The molecule has 36 heavy (non-hydrogen) atoms. The highest BCUT2D eigenvalue weighted by atomic mass is 16.5. The molecule has 0 bridgehead atoms. The van der Waals surface area contributed by atoms with Crippen molar-refractivity contribution in [2.75, 3.05) is 57.4 Å². The Morgan fingerprint density at radius 2 is 1.83 bits per heavy atom. The minimum Gasteiger partial charge on any atom is -0.378 e. The minimum absolute atomic E-state index is 0.643. The maximum atomic E-state index is 5.64. The predicted molar refractivity (Wildman–Crippen MR) is 139 cm³/mol. The second kappa shape index (κ2) is 8.79. The lowest BCUT2D eigenvalue weighted by molar-refractivity contribution is 0.0969. The molecule has 3 saturated heterocycles. The Hall–Kier alpha value is -3.08. The first kappa shape index (κ1) is 22.1. The van der Waals surface area contributed by atoms with Crippen LogP contribution in [0.5, 0.6) is 0 Å². The molecule has 0 N–H and O–H groups in total. The minimum atomic E-state index is 0.643. The Morgan fingerprint density at radius 1 is 0.972 bits per heavy atom. The molecule has 3 aliphatic heterocycles. The molecule has 7 rings (SSSR count). The molecular formula is C26H33N9O. The van der Waals surface area contributed by atoms with E-state index in [4.69, 9.17) is 24.7 Å². The van der Waals surface area contributed by atoms with Crippen molar-refractivity contribution in [3.8, 4) is 5.95 Å². The molecule has 0 amide bonds. The third-order valence-electron chi connectivity index (χ3n) is 8.06. The summed E-state index contributed by atoms with van der Waals surface area (Å²) in [4.78, 5) is 27.6. The molecule has 10 nitrogen and oxygen atoms in total. The first-order chi connectivity index (χ1) is 17.7. The monoisotopic (exact) mass is 487 g/mol. The zero-order valence-electron chi connectivity index (χ0n) is 21.1. The molecule has 4 aromatic rings. The number of nitrogens with zero attached hydrogens (tertiary/aromatic N) is 9. The van der Waals surface area contributed by atoms with Gasteiger partial charge in [-0.1, -0.05) is 12.1 Å². The van der Waals surface area contributed by atoms with Gasteiger partial charge < -0.3 is 14.2 Å². The van der Waals surface area contributed by atoms with Crippen LogP contribution in [0.1, 0.15) is 24.5 Å². The largest absolute Gasteiger partial charge is 0.378 e. The number of aromatic nitrogens is 6. The highest BCUT2D eigenvalue weighted by Gasteiger charge is 2.31. The average Bonchev–Trinajstić information content (AvgIpc) is 3.59. The number of hydrogen-bond acceptors (Lipinski definition) is 8. The molecule has 0 saturated carbocycles. The standard InChI is InChI=1S/C26H33N9O/c1-18-27-20-7-3-4-8-21(20)35(18)26-29-24-23(25(30-26)34-12-14-36-15-13-34)28-22(31(24)2)17-32-10-11-33-9-5-6-19(33)16-32/h3-4,7-8,19H,5-6,9-17H2,1-2H3/t19-/m1/s1. The van der Waals surface area contributed by atoms with E-state index < -0.39 is 0 Å². The van der Waals surface area contributed by atoms with Gasteiger partial charge in [0.15, 0.2) is 17.0 Å². The fourth-order valence-electron chi connectivity index (χ4n) is 6.12. The number of anilines is 1. The summed E-state index contributed by atoms with van der Waals surface area (Å²) < 4.78 is 9.87. The number of fused-ring (bicyclic) bond motifs is 3. The summed E-state index contributed by atoms with van der Waals surface area (Å²) in [5.74, 6) is 3.45. The Morgan fingerprint density at radius 3 is 2.72 bits per heavy atom. The molecule has 0 aliphatic carbocycles. The molecule has 3 fully saturated rings. The molecule has 0 spiro atoms. The van der Waals surface area contributed by atoms with Crippen LogP contribution in [-0.4, -0.2) is 97.4 Å². The van der Waals surface area contributed by atoms with E-state index in [1.165, 1.54) is 19.4 Å². The number of hydrogen-bond donors (Lipinski definition) is 0. The fourth-order valence-corrected chi connectivity index (χ4v) is 6.12. The van der Waals surface area contributed by atoms with Crippen LogP contribution in [0.25, 0.3) is 28.1 Å². The third-order valence-corrected chi connectivity index (χ3v) is 8.06. The number of imidazole rings is 2. The van der Waals surface area contributed by atoms with Crippen LogP contribution in [0, 0.1) is 6.92 Å². The number of para-hydroxylation sites is 2. The molecule has 0 radical (unpaired) electrons. The maximum Gasteiger partial charge on any atom is 0.239 e. The molecule has 1 aromatic carbocycles. The summed E-state index contributed by atoms with van der Waals surface area (Å²) in [6, 6.07) is 8.86. The molecular weight excluding hydrogens is 454 g/mol. The summed E-state index contributed by atoms with van der Waals surface area (Å²) in [6.45, 7) is 10.5. The van der Waals surface area contributed by atoms with Crippen molar-refractivity contribution in [2.45, 2.75) is 32.4 Å². The summed E-state index contributed by atoms with van der Waals surface area (Å²) in [7, 11) is 2.09. The van der Waals surface area contributed by atoms with Gasteiger partial charge in [0.25, 0.3) is 0 Å². The quantitative estimate of drug-likeness (QED) is 0.433. The van der Waals surface area contributed by atoms with Crippen molar-refractivity contribution in [1.82, 2.24) is 38.9 Å². The second-order valence-electron chi connectivity index (χ2n) is 10.3. The predicted octanol–water partition coefficient (Wildman–Crippen LogP) is 2.13. The van der Waals surface area contributed by atoms with E-state index in [0.29, 0.717) is 25.2 Å². The summed E-state index contributed by atoms with van der Waals surface area (Å²) in [5, 5.41) is 0. The molecule has 0 unspecified atom stereocenters. The number of ether oxygens (including phenoxy) is 1. The van der Waals surface area contributed by atoms with Gasteiger partial charge in [-0.2, -0.15) is 9.97 Å². The molecule has 6 heterocycles. The van der Waals surface area contributed by atoms with Crippen LogP contribution in [0.2, 0.25) is 0 Å². The van der Waals surface area contributed by atoms with Gasteiger partial charge in [0.05, 0.1) is 30.8 Å². The molecule has 188 valence electrons. The van der Waals surface area contributed by atoms with Gasteiger partial charge >= 0.3 is 0 Å². The van der Waals surface area contributed by atoms with Gasteiger partial charge in [0.1, 0.15) is 11.6 Å². The topological polar surface area (TPSA) is 80.4 Å². The van der Waals surface area contributed by atoms with E-state index in [9.17, 15) is 0 Å². The zero-order chi connectivity index (χ0) is 24.2. The third kappa shape index (κ3) is 3.66. The fraction of sp³-hybridized carbons (Fsp3) is 0.538. The van der Waals surface area contributed by atoms with Crippen molar-refractivity contribution < 1.29 is 4.74 Å². The van der Waals surface area contributed by atoms with Crippen LogP contribution in [0.4, 0.5) is 5.82 Å². The van der Waals surface area contributed by atoms with Crippen LogP contribution in [-0.2, 0) is 18.3 Å². The van der Waals surface area contributed by atoms with Gasteiger partial charge in [-0.3, -0.25) is 14.4 Å². The molecule has 3 aliphatic rings. The van der Waals surface area contributed by atoms with Crippen molar-refractivity contribution >= 4 is 28.0 Å². The molecule has 1 atom stereocenters. The van der Waals surface area contributed by atoms with E-state index in [0.717, 1.165) is 78.9 Å². The highest BCUT2D eigenvalue weighted by Crippen LogP contribution is 2.29. The van der Waals surface area contributed by atoms with Gasteiger partial charge in [-0.25, -0.2) is 9.97 Å². The van der Waals surface area contributed by atoms with Gasteiger partial charge in [0.2, 0.25) is 5.95 Å². The van der Waals surface area contributed by atoms with Gasteiger partial charge in [0, 0.05) is 45.8 Å². The molecule has 10 heteroatoms. The Balaban J connectivity index is 1.33. The Kier molecular flexibility index (Phi) is 5.41. The van der Waals surface area contributed by atoms with E-state index >= 15 is 0 Å². The Labute approximate surface area is 210 Å². The van der Waals surface area contributed by atoms with Gasteiger partial charge in [-0.15, -0.1) is 0 Å². The number of rotatable bonds is 4. The summed E-state index contributed by atoms with van der Waals surface area (Å²) in [6.07, 6.45) is 2.64. The van der Waals surface area contributed by atoms with Crippen molar-refractivity contribution in [3.63, 3.8) is 0 Å². The van der Waals surface area contributed by atoms with Crippen LogP contribution >= 0.6 is 0 Å². The number of piperazine rings is 1. The van der Waals surface area contributed by atoms with E-state index in [1.54, 1.807) is 0 Å². The highest BCUT2D eigenvalue weighted by molar-refractivity contribution is 5.86. The van der Waals surface area contributed by atoms with Crippen molar-refractivity contribution in [1.29, 1.82) is 0 Å². The van der Waals surface area contributed by atoms with E-state index in [-0.39, 0.29) is 0 Å². The summed E-state index contributed by atoms with van der Waals surface area (Å²) >= 11 is 0. The van der Waals surface area contributed by atoms with Crippen LogP contribution in [0.3, 0.4) is 0 Å². The van der Waals surface area contributed by atoms with Crippen molar-refractivity contribution in [2.24, 2.45) is 7.05 Å². The second-order valence-corrected chi connectivity index (χ2v) is 10.3. The molecule has 3 aromatic heterocycles. The number of morpholine rings is 1.